The van der Waals surface area contributed by atoms with Crippen LogP contribution in [0.15, 0.2) is 18.3 Å². The fourth-order valence-corrected chi connectivity index (χ4v) is 1.07. The number of nitrogens with zero attached hydrogens (tertiary/aromatic N) is 1. The summed E-state index contributed by atoms with van der Waals surface area (Å²) in [6, 6.07) is 3.29. The summed E-state index contributed by atoms with van der Waals surface area (Å²) >= 11 is 0. The molecule has 4 heteroatoms. The van der Waals surface area contributed by atoms with E-state index in [0.717, 1.165) is 6.42 Å². The number of carboxylic acids is 1. The molecule has 82 valence electrons. The predicted octanol–water partition coefficient (Wildman–Crippen LogP) is 2.20. The number of carboxylic acid groups (broad SMARTS) is 1. The molecule has 0 aromatic carbocycles. The molecule has 1 N–H and O–H groups in total. The topological polar surface area (TPSA) is 59.4 Å². The zero-order valence-electron chi connectivity index (χ0n) is 8.93. The molecule has 0 aliphatic carbocycles. The monoisotopic (exact) mass is 209 g/mol. The number of hydrogen-bond donors (Lipinski definition) is 1. The number of carbonyl (C=O) groups is 1. The molecule has 0 saturated heterocycles. The second kappa shape index (κ2) is 5.34. The van der Waals surface area contributed by atoms with E-state index in [1.54, 1.807) is 12.1 Å². The smallest absolute Gasteiger partial charge is 0.358 e. The van der Waals surface area contributed by atoms with Crippen molar-refractivity contribution in [3.05, 3.63) is 24.0 Å². The Balaban J connectivity index is 2.63. The van der Waals surface area contributed by atoms with Crippen molar-refractivity contribution in [3.8, 4) is 5.75 Å². The summed E-state index contributed by atoms with van der Waals surface area (Å²) in [5.41, 5.74) is -0.0266. The number of aromatic carboxylic acids is 1. The van der Waals surface area contributed by atoms with Gasteiger partial charge in [-0.25, -0.2) is 9.78 Å². The summed E-state index contributed by atoms with van der Waals surface area (Å²) in [4.78, 5) is 14.5. The Morgan fingerprint density at radius 1 is 1.60 bits per heavy atom. The van der Waals surface area contributed by atoms with Gasteiger partial charge < -0.3 is 9.84 Å². The summed E-state index contributed by atoms with van der Waals surface area (Å²) in [5, 5.41) is 8.83. The molecule has 0 aliphatic heterocycles. The third-order valence-corrected chi connectivity index (χ3v) is 1.93. The predicted molar refractivity (Wildman–Crippen MR) is 56.1 cm³/mol. The minimum absolute atomic E-state index is 0.0266. The van der Waals surface area contributed by atoms with Crippen molar-refractivity contribution in [2.24, 2.45) is 5.92 Å². The fraction of sp³-hybridized carbons (Fsp3) is 0.455. The van der Waals surface area contributed by atoms with Crippen LogP contribution in [0.3, 0.4) is 0 Å². The van der Waals surface area contributed by atoms with Crippen LogP contribution in [0.1, 0.15) is 30.8 Å². The lowest BCUT2D eigenvalue weighted by Crippen LogP contribution is -2.07. The van der Waals surface area contributed by atoms with E-state index >= 15 is 0 Å². The molecular weight excluding hydrogens is 194 g/mol. The van der Waals surface area contributed by atoms with E-state index in [1.165, 1.54) is 6.20 Å². The molecular formula is C11H15NO3. The standard InChI is InChI=1S/C11H15NO3/c1-8(2)5-7-15-9-4-3-6-12-10(9)11(13)14/h3-4,6,8H,5,7H2,1-2H3,(H,13,14). The first-order chi connectivity index (χ1) is 7.11. The van der Waals surface area contributed by atoms with Crippen molar-refractivity contribution in [2.45, 2.75) is 20.3 Å². The van der Waals surface area contributed by atoms with Crippen molar-refractivity contribution in [1.82, 2.24) is 4.98 Å². The zero-order valence-corrected chi connectivity index (χ0v) is 8.93. The summed E-state index contributed by atoms with van der Waals surface area (Å²) in [7, 11) is 0. The SMILES string of the molecule is CC(C)CCOc1cccnc1C(=O)O. The van der Waals surface area contributed by atoms with Crippen LogP contribution < -0.4 is 4.74 Å². The molecule has 0 unspecified atom stereocenters. The highest BCUT2D eigenvalue weighted by molar-refractivity contribution is 5.88. The summed E-state index contributed by atoms with van der Waals surface area (Å²) in [6.07, 6.45) is 2.34. The van der Waals surface area contributed by atoms with Crippen LogP contribution in [0.25, 0.3) is 0 Å². The summed E-state index contributed by atoms with van der Waals surface area (Å²) in [6.45, 7) is 4.69. The minimum atomic E-state index is -1.06. The van der Waals surface area contributed by atoms with Gasteiger partial charge >= 0.3 is 5.97 Å². The second-order valence-corrected chi connectivity index (χ2v) is 3.69. The molecule has 0 aliphatic rings. The average molecular weight is 209 g/mol. The average Bonchev–Trinajstić information content (AvgIpc) is 2.17. The number of hydrogen-bond acceptors (Lipinski definition) is 3. The zero-order chi connectivity index (χ0) is 11.3. The highest BCUT2D eigenvalue weighted by Gasteiger charge is 2.11. The van der Waals surface area contributed by atoms with Gasteiger partial charge in [-0.2, -0.15) is 0 Å². The van der Waals surface area contributed by atoms with Gasteiger partial charge in [0.1, 0.15) is 0 Å². The third-order valence-electron chi connectivity index (χ3n) is 1.93. The molecule has 1 heterocycles. The van der Waals surface area contributed by atoms with Crippen LogP contribution in [-0.4, -0.2) is 22.7 Å². The molecule has 1 aromatic rings. The van der Waals surface area contributed by atoms with Gasteiger partial charge in [0.2, 0.25) is 0 Å². The Morgan fingerprint density at radius 2 is 2.33 bits per heavy atom. The highest BCUT2D eigenvalue weighted by atomic mass is 16.5. The lowest BCUT2D eigenvalue weighted by molar-refractivity contribution is 0.0685. The largest absolute Gasteiger partial charge is 0.491 e. The van der Waals surface area contributed by atoms with Gasteiger partial charge in [0.15, 0.2) is 11.4 Å². The lowest BCUT2D eigenvalue weighted by Gasteiger charge is -2.09. The molecule has 0 fully saturated rings. The molecule has 4 nitrogen and oxygen atoms in total. The molecule has 0 amide bonds. The van der Waals surface area contributed by atoms with E-state index in [2.05, 4.69) is 18.8 Å². The molecule has 15 heavy (non-hydrogen) atoms. The van der Waals surface area contributed by atoms with Gasteiger partial charge in [0, 0.05) is 6.20 Å². The quantitative estimate of drug-likeness (QED) is 0.807. The number of rotatable bonds is 5. The van der Waals surface area contributed by atoms with Crippen LogP contribution in [-0.2, 0) is 0 Å². The first-order valence-electron chi connectivity index (χ1n) is 4.92. The van der Waals surface area contributed by atoms with Gasteiger partial charge in [-0.15, -0.1) is 0 Å². The molecule has 0 bridgehead atoms. The number of aromatic nitrogens is 1. The molecule has 0 atom stereocenters. The van der Waals surface area contributed by atoms with E-state index in [1.807, 2.05) is 0 Å². The van der Waals surface area contributed by atoms with E-state index in [9.17, 15) is 4.79 Å². The molecule has 1 rings (SSSR count). The van der Waals surface area contributed by atoms with E-state index in [-0.39, 0.29) is 5.69 Å². The van der Waals surface area contributed by atoms with Crippen LogP contribution in [0, 0.1) is 5.92 Å². The second-order valence-electron chi connectivity index (χ2n) is 3.69. The van der Waals surface area contributed by atoms with Crippen molar-refractivity contribution in [2.75, 3.05) is 6.61 Å². The fourth-order valence-electron chi connectivity index (χ4n) is 1.07. The van der Waals surface area contributed by atoms with E-state index < -0.39 is 5.97 Å². The van der Waals surface area contributed by atoms with Gasteiger partial charge in [-0.05, 0) is 24.5 Å². The Hall–Kier alpha value is -1.58. The van der Waals surface area contributed by atoms with Crippen molar-refractivity contribution >= 4 is 5.97 Å². The van der Waals surface area contributed by atoms with Gasteiger partial charge in [0.25, 0.3) is 0 Å². The van der Waals surface area contributed by atoms with Crippen molar-refractivity contribution in [1.29, 1.82) is 0 Å². The molecule has 0 radical (unpaired) electrons. The molecule has 0 saturated carbocycles. The first kappa shape index (κ1) is 11.5. The lowest BCUT2D eigenvalue weighted by atomic mass is 10.1. The van der Waals surface area contributed by atoms with Crippen LogP contribution in [0.5, 0.6) is 5.75 Å². The van der Waals surface area contributed by atoms with Gasteiger partial charge in [-0.1, -0.05) is 13.8 Å². The third kappa shape index (κ3) is 3.58. The van der Waals surface area contributed by atoms with Gasteiger partial charge in [0.05, 0.1) is 6.61 Å². The molecule has 1 aromatic heterocycles. The Morgan fingerprint density at radius 3 is 2.93 bits per heavy atom. The van der Waals surface area contributed by atoms with Gasteiger partial charge in [-0.3, -0.25) is 0 Å². The molecule has 0 spiro atoms. The van der Waals surface area contributed by atoms with E-state index in [4.69, 9.17) is 9.84 Å². The normalized spacial score (nSPS) is 10.3. The minimum Gasteiger partial charge on any atom is -0.491 e. The Labute approximate surface area is 88.9 Å². The number of ether oxygens (including phenoxy) is 1. The van der Waals surface area contributed by atoms with Crippen molar-refractivity contribution < 1.29 is 14.6 Å². The maximum atomic E-state index is 10.8. The Bertz CT molecular complexity index is 336. The summed E-state index contributed by atoms with van der Waals surface area (Å²) in [5.74, 6) is -0.184. The van der Waals surface area contributed by atoms with Crippen LogP contribution in [0.2, 0.25) is 0 Å². The summed E-state index contributed by atoms with van der Waals surface area (Å²) < 4.78 is 5.37. The maximum absolute atomic E-state index is 10.8. The van der Waals surface area contributed by atoms with E-state index in [0.29, 0.717) is 18.3 Å². The van der Waals surface area contributed by atoms with Crippen LogP contribution >= 0.6 is 0 Å². The highest BCUT2D eigenvalue weighted by Crippen LogP contribution is 2.15. The van der Waals surface area contributed by atoms with Crippen molar-refractivity contribution in [3.63, 3.8) is 0 Å². The Kier molecular flexibility index (Phi) is 4.09. The first-order valence-corrected chi connectivity index (χ1v) is 4.92. The van der Waals surface area contributed by atoms with Crippen LogP contribution in [0.4, 0.5) is 0 Å². The maximum Gasteiger partial charge on any atom is 0.358 e. The number of pyridine rings is 1.